The highest BCUT2D eigenvalue weighted by atomic mass is 32.1. The lowest BCUT2D eigenvalue weighted by molar-refractivity contribution is -0.137. The normalized spacial score (nSPS) is 17.3. The molecule has 1 N–H and O–H groups in total. The van der Waals surface area contributed by atoms with Gasteiger partial charge < -0.3 is 9.52 Å². The Morgan fingerprint density at radius 1 is 1.35 bits per heavy atom. The molecule has 0 aromatic carbocycles. The van der Waals surface area contributed by atoms with Crippen LogP contribution in [0, 0.1) is 0 Å². The quantitative estimate of drug-likeness (QED) is 0.880. The van der Waals surface area contributed by atoms with Gasteiger partial charge in [-0.05, 0) is 30.0 Å². The summed E-state index contributed by atoms with van der Waals surface area (Å²) in [6.45, 7) is 0. The Morgan fingerprint density at radius 2 is 2.22 bits per heavy atom. The van der Waals surface area contributed by atoms with Crippen molar-refractivity contribution in [2.75, 3.05) is 0 Å². The van der Waals surface area contributed by atoms with Crippen LogP contribution in [0.4, 0.5) is 0 Å². The van der Waals surface area contributed by atoms with Gasteiger partial charge in [0.1, 0.15) is 11.5 Å². The van der Waals surface area contributed by atoms with Crippen LogP contribution in [0.15, 0.2) is 45.4 Å². The van der Waals surface area contributed by atoms with Crippen molar-refractivity contribution >= 4 is 28.9 Å². The molecule has 2 aromatic heterocycles. The summed E-state index contributed by atoms with van der Waals surface area (Å²) in [4.78, 5) is 24.1. The summed E-state index contributed by atoms with van der Waals surface area (Å²) in [6.07, 6.45) is 2.64. The highest BCUT2D eigenvalue weighted by Gasteiger charge is 2.34. The number of nitrogens with zero attached hydrogens (tertiary/aromatic N) is 2. The second-order valence-electron chi connectivity index (χ2n) is 5.24. The molecule has 0 saturated heterocycles. The topological polar surface area (TPSA) is 83.1 Å². The van der Waals surface area contributed by atoms with E-state index in [1.807, 2.05) is 23.6 Å². The molecule has 6 nitrogen and oxygen atoms in total. The van der Waals surface area contributed by atoms with Gasteiger partial charge in [0.2, 0.25) is 5.91 Å². The van der Waals surface area contributed by atoms with E-state index in [9.17, 15) is 9.59 Å². The molecule has 1 amide bonds. The van der Waals surface area contributed by atoms with Crippen LogP contribution in [0.3, 0.4) is 0 Å². The van der Waals surface area contributed by atoms with Crippen LogP contribution >= 0.6 is 11.3 Å². The molecule has 3 rings (SSSR count). The Kier molecular flexibility index (Phi) is 4.57. The van der Waals surface area contributed by atoms with Gasteiger partial charge in [0, 0.05) is 24.1 Å². The summed E-state index contributed by atoms with van der Waals surface area (Å²) in [5, 5.41) is 16.6. The second-order valence-corrected chi connectivity index (χ2v) is 6.22. The van der Waals surface area contributed by atoms with Gasteiger partial charge in [0.25, 0.3) is 0 Å². The van der Waals surface area contributed by atoms with E-state index in [-0.39, 0.29) is 24.8 Å². The van der Waals surface area contributed by atoms with E-state index in [2.05, 4.69) is 5.10 Å². The molecule has 0 unspecified atom stereocenters. The zero-order valence-electron chi connectivity index (χ0n) is 12.3. The maximum Gasteiger partial charge on any atom is 0.303 e. The van der Waals surface area contributed by atoms with E-state index < -0.39 is 5.97 Å². The molecule has 2 aromatic rings. The van der Waals surface area contributed by atoms with E-state index in [4.69, 9.17) is 9.52 Å². The van der Waals surface area contributed by atoms with E-state index in [1.54, 1.807) is 23.7 Å². The average Bonchev–Trinajstić information content (AvgIpc) is 3.26. The first kappa shape index (κ1) is 15.5. The Labute approximate surface area is 137 Å². The fourth-order valence-corrected chi connectivity index (χ4v) is 3.35. The summed E-state index contributed by atoms with van der Waals surface area (Å²) in [7, 11) is 0. The number of aliphatic carboxylic acids is 1. The number of amides is 1. The third-order valence-corrected chi connectivity index (χ3v) is 4.60. The average molecular weight is 332 g/mol. The predicted molar refractivity (Wildman–Crippen MR) is 85.3 cm³/mol. The van der Waals surface area contributed by atoms with Crippen LogP contribution in [-0.2, 0) is 9.59 Å². The maximum atomic E-state index is 12.4. The summed E-state index contributed by atoms with van der Waals surface area (Å²) >= 11 is 1.58. The molecule has 1 aliphatic heterocycles. The zero-order chi connectivity index (χ0) is 16.2. The smallest absolute Gasteiger partial charge is 0.303 e. The molecule has 0 fully saturated rings. The van der Waals surface area contributed by atoms with Crippen LogP contribution in [0.1, 0.15) is 42.4 Å². The molecule has 1 aliphatic rings. The lowest BCUT2D eigenvalue weighted by Crippen LogP contribution is -2.26. The number of thiophene rings is 1. The minimum atomic E-state index is -0.895. The lowest BCUT2D eigenvalue weighted by atomic mass is 10.1. The Morgan fingerprint density at radius 3 is 2.87 bits per heavy atom. The first-order valence-corrected chi connectivity index (χ1v) is 8.21. The summed E-state index contributed by atoms with van der Waals surface area (Å²) in [5.41, 5.74) is 0.736. The highest BCUT2D eigenvalue weighted by Crippen LogP contribution is 2.35. The number of hydrogen-bond donors (Lipinski definition) is 1. The Hall–Kier alpha value is -2.41. The molecule has 1 atom stereocenters. The number of furan rings is 1. The van der Waals surface area contributed by atoms with Gasteiger partial charge in [-0.25, -0.2) is 5.01 Å². The summed E-state index contributed by atoms with van der Waals surface area (Å²) in [6, 6.07) is 7.39. The van der Waals surface area contributed by atoms with Crippen LogP contribution in [0.25, 0.3) is 0 Å². The van der Waals surface area contributed by atoms with Crippen molar-refractivity contribution in [1.82, 2.24) is 5.01 Å². The molecule has 0 bridgehead atoms. The first-order chi connectivity index (χ1) is 11.1. The number of rotatable bonds is 6. The molecule has 3 heterocycles. The molecule has 0 spiro atoms. The largest absolute Gasteiger partial charge is 0.481 e. The lowest BCUT2D eigenvalue weighted by Gasteiger charge is -2.20. The van der Waals surface area contributed by atoms with Crippen LogP contribution in [0.5, 0.6) is 0 Å². The van der Waals surface area contributed by atoms with Crippen LogP contribution in [0.2, 0.25) is 0 Å². The van der Waals surface area contributed by atoms with Crippen LogP contribution in [-0.4, -0.2) is 27.7 Å². The molecular weight excluding hydrogens is 316 g/mol. The van der Waals surface area contributed by atoms with Crippen molar-refractivity contribution in [3.05, 3.63) is 46.5 Å². The van der Waals surface area contributed by atoms with Crippen molar-refractivity contribution in [2.24, 2.45) is 5.10 Å². The summed E-state index contributed by atoms with van der Waals surface area (Å²) < 4.78 is 5.38. The van der Waals surface area contributed by atoms with Gasteiger partial charge in [-0.2, -0.15) is 5.10 Å². The van der Waals surface area contributed by atoms with Crippen LogP contribution < -0.4 is 0 Å². The zero-order valence-corrected chi connectivity index (χ0v) is 13.2. The number of hydrogen-bond acceptors (Lipinski definition) is 5. The van der Waals surface area contributed by atoms with Gasteiger partial charge in [-0.3, -0.25) is 9.59 Å². The Balaban J connectivity index is 1.77. The van der Waals surface area contributed by atoms with E-state index in [1.165, 1.54) is 5.01 Å². The minimum absolute atomic E-state index is 0.0159. The third-order valence-electron chi connectivity index (χ3n) is 3.62. The third kappa shape index (κ3) is 3.50. The van der Waals surface area contributed by atoms with Crippen molar-refractivity contribution in [3.8, 4) is 0 Å². The molecule has 23 heavy (non-hydrogen) atoms. The number of hydrazone groups is 1. The van der Waals surface area contributed by atoms with Gasteiger partial charge in [-0.1, -0.05) is 6.07 Å². The monoisotopic (exact) mass is 332 g/mol. The number of carboxylic acids is 1. The van der Waals surface area contributed by atoms with Gasteiger partial charge >= 0.3 is 5.97 Å². The van der Waals surface area contributed by atoms with E-state index >= 15 is 0 Å². The van der Waals surface area contributed by atoms with E-state index in [0.29, 0.717) is 18.6 Å². The molecule has 0 saturated carbocycles. The molecule has 0 radical (unpaired) electrons. The fourth-order valence-electron chi connectivity index (χ4n) is 2.54. The van der Waals surface area contributed by atoms with Gasteiger partial charge in [-0.15, -0.1) is 11.3 Å². The standard InChI is InChI=1S/C16H16N2O4S/c19-15(6-1-7-16(20)21)18-12(14-5-3-9-23-14)10-11(17-18)13-4-2-8-22-13/h2-5,8-9,12H,1,6-7,10H2,(H,20,21)/t12-/m0/s1. The van der Waals surface area contributed by atoms with Gasteiger partial charge in [0.05, 0.1) is 12.3 Å². The van der Waals surface area contributed by atoms with Crippen molar-refractivity contribution in [1.29, 1.82) is 0 Å². The van der Waals surface area contributed by atoms with E-state index in [0.717, 1.165) is 10.6 Å². The SMILES string of the molecule is O=C(O)CCCC(=O)N1N=C(c2ccco2)C[C@H]1c1cccs1. The number of carbonyl (C=O) groups is 2. The minimum Gasteiger partial charge on any atom is -0.481 e. The first-order valence-electron chi connectivity index (χ1n) is 7.34. The van der Waals surface area contributed by atoms with Crippen molar-refractivity contribution < 1.29 is 19.1 Å². The molecule has 120 valence electrons. The fraction of sp³-hybridized carbons (Fsp3) is 0.312. The summed E-state index contributed by atoms with van der Waals surface area (Å²) in [5.74, 6) is -0.396. The Bertz CT molecular complexity index is 707. The molecule has 7 heteroatoms. The highest BCUT2D eigenvalue weighted by molar-refractivity contribution is 7.10. The molecule has 0 aliphatic carbocycles. The maximum absolute atomic E-state index is 12.4. The molecular formula is C16H16N2O4S. The number of carbonyl (C=O) groups excluding carboxylic acids is 1. The second kappa shape index (κ2) is 6.78. The van der Waals surface area contributed by atoms with Crippen molar-refractivity contribution in [3.63, 3.8) is 0 Å². The predicted octanol–water partition coefficient (Wildman–Crippen LogP) is 3.27. The van der Waals surface area contributed by atoms with Gasteiger partial charge in [0.15, 0.2) is 0 Å². The number of carboxylic acid groups (broad SMARTS) is 1. The van der Waals surface area contributed by atoms with Crippen molar-refractivity contribution in [2.45, 2.75) is 31.7 Å².